The first kappa shape index (κ1) is 19.9. The zero-order valence-electron chi connectivity index (χ0n) is 15.0. The number of amides is 2. The molecule has 1 aromatic carbocycles. The number of rotatable bonds is 8. The zero-order valence-corrected chi connectivity index (χ0v) is 15.8. The van der Waals surface area contributed by atoms with Gasteiger partial charge in [0.15, 0.2) is 5.16 Å². The van der Waals surface area contributed by atoms with E-state index in [1.807, 2.05) is 34.9 Å². The molecule has 0 aliphatic rings. The average Bonchev–Trinajstić information content (AvgIpc) is 3.01. The number of hydrogen-bond acceptors (Lipinski definition) is 7. The van der Waals surface area contributed by atoms with Crippen LogP contribution in [0.1, 0.15) is 18.3 Å². The molecule has 8 nitrogen and oxygen atoms in total. The number of methoxy groups -OCH3 is 2. The molecule has 9 heteroatoms. The van der Waals surface area contributed by atoms with Gasteiger partial charge in [-0.3, -0.25) is 10.1 Å². The van der Waals surface area contributed by atoms with E-state index in [1.165, 1.54) is 18.9 Å². The minimum absolute atomic E-state index is 0.451. The Labute approximate surface area is 156 Å². The highest BCUT2D eigenvalue weighted by atomic mass is 32.2. The molecule has 2 amide bonds. The van der Waals surface area contributed by atoms with E-state index in [2.05, 4.69) is 20.3 Å². The van der Waals surface area contributed by atoms with Crippen LogP contribution < -0.4 is 5.32 Å². The van der Waals surface area contributed by atoms with Crippen LogP contribution in [0.4, 0.5) is 4.79 Å². The number of ether oxygens (including phenoxy) is 2. The Hall–Kier alpha value is -2.39. The van der Waals surface area contributed by atoms with Gasteiger partial charge in [0.1, 0.15) is 5.82 Å². The summed E-state index contributed by atoms with van der Waals surface area (Å²) in [5.41, 5.74) is 1.12. The predicted molar refractivity (Wildman–Crippen MR) is 97.0 cm³/mol. The molecule has 0 fully saturated rings. The number of hydrogen-bond donors (Lipinski definition) is 1. The third kappa shape index (κ3) is 5.57. The van der Waals surface area contributed by atoms with Crippen LogP contribution in [-0.4, -0.2) is 52.8 Å². The average molecular weight is 378 g/mol. The van der Waals surface area contributed by atoms with Crippen LogP contribution in [0.2, 0.25) is 0 Å². The number of carbonyl (C=O) groups is 2. The SMILES string of the molecule is COCCn1c(Cc2ccccc2)nnc1S[C@H](C)C(=O)NC(=O)OC. The molecule has 0 bridgehead atoms. The van der Waals surface area contributed by atoms with E-state index in [4.69, 9.17) is 4.74 Å². The van der Waals surface area contributed by atoms with Gasteiger partial charge in [-0.15, -0.1) is 10.2 Å². The Balaban J connectivity index is 2.14. The summed E-state index contributed by atoms with van der Waals surface area (Å²) in [6, 6.07) is 9.95. The van der Waals surface area contributed by atoms with Crippen molar-refractivity contribution in [2.24, 2.45) is 0 Å². The van der Waals surface area contributed by atoms with E-state index < -0.39 is 17.3 Å². The maximum atomic E-state index is 12.0. The summed E-state index contributed by atoms with van der Waals surface area (Å²) in [5, 5.41) is 10.7. The maximum Gasteiger partial charge on any atom is 0.413 e. The van der Waals surface area contributed by atoms with E-state index in [9.17, 15) is 9.59 Å². The van der Waals surface area contributed by atoms with Crippen molar-refractivity contribution in [1.29, 1.82) is 0 Å². The number of thioether (sulfide) groups is 1. The van der Waals surface area contributed by atoms with Crippen molar-refractivity contribution in [2.45, 2.75) is 30.3 Å². The van der Waals surface area contributed by atoms with E-state index in [-0.39, 0.29) is 0 Å². The van der Waals surface area contributed by atoms with Gasteiger partial charge in [-0.1, -0.05) is 42.1 Å². The van der Waals surface area contributed by atoms with Crippen molar-refractivity contribution >= 4 is 23.8 Å². The fourth-order valence-electron chi connectivity index (χ4n) is 2.19. The molecule has 1 heterocycles. The van der Waals surface area contributed by atoms with Crippen LogP contribution in [0, 0.1) is 0 Å². The lowest BCUT2D eigenvalue weighted by atomic mass is 10.1. The fourth-order valence-corrected chi connectivity index (χ4v) is 3.08. The molecule has 0 saturated heterocycles. The Bertz CT molecular complexity index is 736. The van der Waals surface area contributed by atoms with Gasteiger partial charge in [-0.2, -0.15) is 0 Å². The molecule has 0 aliphatic heterocycles. The Morgan fingerprint density at radius 3 is 2.62 bits per heavy atom. The van der Waals surface area contributed by atoms with Gasteiger partial charge in [0, 0.05) is 20.1 Å². The van der Waals surface area contributed by atoms with E-state index in [0.717, 1.165) is 11.4 Å². The minimum atomic E-state index is -0.784. The monoisotopic (exact) mass is 378 g/mol. The van der Waals surface area contributed by atoms with Gasteiger partial charge >= 0.3 is 6.09 Å². The molecule has 140 valence electrons. The van der Waals surface area contributed by atoms with Crippen molar-refractivity contribution in [3.05, 3.63) is 41.7 Å². The predicted octanol–water partition coefficient (Wildman–Crippen LogP) is 1.88. The topological polar surface area (TPSA) is 95.3 Å². The first-order valence-corrected chi connectivity index (χ1v) is 8.93. The van der Waals surface area contributed by atoms with Crippen LogP contribution in [0.3, 0.4) is 0 Å². The van der Waals surface area contributed by atoms with Gasteiger partial charge in [0.05, 0.1) is 19.0 Å². The molecule has 2 aromatic rings. The summed E-state index contributed by atoms with van der Waals surface area (Å²) >= 11 is 1.23. The summed E-state index contributed by atoms with van der Waals surface area (Å²) in [7, 11) is 2.83. The minimum Gasteiger partial charge on any atom is -0.453 e. The first-order valence-electron chi connectivity index (χ1n) is 8.05. The quantitative estimate of drug-likeness (QED) is 0.701. The third-order valence-corrected chi connectivity index (χ3v) is 4.66. The van der Waals surface area contributed by atoms with Crippen LogP contribution in [0.15, 0.2) is 35.5 Å². The summed E-state index contributed by atoms with van der Waals surface area (Å²) in [6.45, 7) is 2.75. The van der Waals surface area contributed by atoms with Crippen molar-refractivity contribution < 1.29 is 19.1 Å². The molecule has 0 unspecified atom stereocenters. The zero-order chi connectivity index (χ0) is 18.9. The largest absolute Gasteiger partial charge is 0.453 e. The van der Waals surface area contributed by atoms with E-state index in [1.54, 1.807) is 14.0 Å². The van der Waals surface area contributed by atoms with Crippen LogP contribution in [0.25, 0.3) is 0 Å². The van der Waals surface area contributed by atoms with Crippen LogP contribution in [-0.2, 0) is 27.2 Å². The Morgan fingerprint density at radius 2 is 1.96 bits per heavy atom. The molecular formula is C17H22N4O4S. The number of benzene rings is 1. The van der Waals surface area contributed by atoms with Crippen molar-refractivity contribution in [3.8, 4) is 0 Å². The summed E-state index contributed by atoms with van der Waals surface area (Å²) in [4.78, 5) is 23.2. The lowest BCUT2D eigenvalue weighted by Gasteiger charge is -2.13. The van der Waals surface area contributed by atoms with E-state index in [0.29, 0.717) is 24.7 Å². The van der Waals surface area contributed by atoms with Gasteiger partial charge in [0.25, 0.3) is 0 Å². The molecule has 2 rings (SSSR count). The molecular weight excluding hydrogens is 356 g/mol. The van der Waals surface area contributed by atoms with Crippen LogP contribution >= 0.6 is 11.8 Å². The summed E-state index contributed by atoms with van der Waals surface area (Å²) < 4.78 is 11.5. The number of nitrogens with zero attached hydrogens (tertiary/aromatic N) is 3. The second kappa shape index (κ2) is 9.93. The van der Waals surface area contributed by atoms with Crippen molar-refractivity contribution in [2.75, 3.05) is 20.8 Å². The fraction of sp³-hybridized carbons (Fsp3) is 0.412. The van der Waals surface area contributed by atoms with Crippen LogP contribution in [0.5, 0.6) is 0 Å². The van der Waals surface area contributed by atoms with Crippen molar-refractivity contribution in [3.63, 3.8) is 0 Å². The van der Waals surface area contributed by atoms with Gasteiger partial charge in [-0.25, -0.2) is 4.79 Å². The number of carbonyl (C=O) groups excluding carboxylic acids is 2. The number of aromatic nitrogens is 3. The summed E-state index contributed by atoms with van der Waals surface area (Å²) in [6.07, 6.45) is -0.158. The number of alkyl carbamates (subject to hydrolysis) is 1. The smallest absolute Gasteiger partial charge is 0.413 e. The molecule has 26 heavy (non-hydrogen) atoms. The Morgan fingerprint density at radius 1 is 1.23 bits per heavy atom. The molecule has 0 radical (unpaired) electrons. The maximum absolute atomic E-state index is 12.0. The van der Waals surface area contributed by atoms with Gasteiger partial charge < -0.3 is 14.0 Å². The molecule has 0 spiro atoms. The highest BCUT2D eigenvalue weighted by Gasteiger charge is 2.21. The molecule has 1 N–H and O–H groups in total. The van der Waals surface area contributed by atoms with Crippen molar-refractivity contribution in [1.82, 2.24) is 20.1 Å². The lowest BCUT2D eigenvalue weighted by molar-refractivity contribution is -0.119. The first-order chi connectivity index (χ1) is 12.5. The molecule has 1 atom stereocenters. The standard InChI is InChI=1S/C17H22N4O4S/c1-12(15(22)18-17(23)25-3)26-16-20-19-14(21(16)9-10-24-2)11-13-7-5-4-6-8-13/h4-8,12H,9-11H2,1-3H3,(H,18,22,23)/t12-/m1/s1. The number of imide groups is 1. The second-order valence-electron chi connectivity index (χ2n) is 5.45. The van der Waals surface area contributed by atoms with E-state index >= 15 is 0 Å². The summed E-state index contributed by atoms with van der Waals surface area (Å²) in [5.74, 6) is 0.337. The molecule has 0 saturated carbocycles. The Kier molecular flexibility index (Phi) is 7.61. The van der Waals surface area contributed by atoms with Gasteiger partial charge in [0.2, 0.25) is 5.91 Å². The molecule has 0 aliphatic carbocycles. The third-order valence-electron chi connectivity index (χ3n) is 3.58. The molecule has 1 aromatic heterocycles. The lowest BCUT2D eigenvalue weighted by Crippen LogP contribution is -2.36. The second-order valence-corrected chi connectivity index (χ2v) is 6.75. The highest BCUT2D eigenvalue weighted by molar-refractivity contribution is 8.00. The normalized spacial score (nSPS) is 11.8. The highest BCUT2D eigenvalue weighted by Crippen LogP contribution is 2.23. The number of nitrogens with one attached hydrogen (secondary N) is 1. The van der Waals surface area contributed by atoms with Gasteiger partial charge in [-0.05, 0) is 12.5 Å².